The maximum absolute atomic E-state index is 11.5. The third kappa shape index (κ3) is 16.9. The number of hydrogen-bond acceptors (Lipinski definition) is 4. The van der Waals surface area contributed by atoms with E-state index in [4.69, 9.17) is 5.73 Å². The van der Waals surface area contributed by atoms with Crippen LogP contribution < -0.4 is 29.6 Å². The second-order valence-corrected chi connectivity index (χ2v) is 7.15. The van der Waals surface area contributed by atoms with Gasteiger partial charge in [-0.2, -0.15) is 8.42 Å². The van der Waals surface area contributed by atoms with E-state index in [1.807, 2.05) is 0 Å². The molecule has 0 aliphatic heterocycles. The number of unbranched alkanes of at least 4 members (excludes halogenated alkanes) is 8. The largest absolute Gasteiger partial charge is 1.00 e. The van der Waals surface area contributed by atoms with Crippen molar-refractivity contribution >= 4 is 15.9 Å². The Bertz CT molecular complexity index is 361. The minimum atomic E-state index is -3.69. The summed E-state index contributed by atoms with van der Waals surface area (Å²) in [6.45, 7) is 1.59. The first-order valence-corrected chi connectivity index (χ1v) is 9.63. The predicted molar refractivity (Wildman–Crippen MR) is 85.8 cm³/mol. The molecule has 1 N–H and O–H groups in total. The molecule has 0 heterocycles. The SMILES string of the molecule is CCCCCCCCCCCC(=O)COS(=O)(=O)CC[NH-].[Na+]. The van der Waals surface area contributed by atoms with Crippen molar-refractivity contribution in [3.05, 3.63) is 5.73 Å². The fraction of sp³-hybridized carbons (Fsp3) is 0.933. The zero-order valence-corrected chi connectivity index (χ0v) is 17.1. The molecule has 5 nitrogen and oxygen atoms in total. The van der Waals surface area contributed by atoms with Crippen LogP contribution in [0, 0.1) is 0 Å². The molecule has 0 aliphatic rings. The summed E-state index contributed by atoms with van der Waals surface area (Å²) in [5, 5.41) is 0. The summed E-state index contributed by atoms with van der Waals surface area (Å²) in [5.74, 6) is -0.523. The van der Waals surface area contributed by atoms with Crippen LogP contribution in [-0.2, 0) is 19.1 Å². The molecular weight excluding hydrogens is 313 g/mol. The maximum atomic E-state index is 11.5. The van der Waals surface area contributed by atoms with Crippen LogP contribution in [0.5, 0.6) is 0 Å². The molecule has 0 fully saturated rings. The molecule has 126 valence electrons. The van der Waals surface area contributed by atoms with Crippen LogP contribution in [0.15, 0.2) is 0 Å². The van der Waals surface area contributed by atoms with Crippen molar-refractivity contribution in [2.45, 2.75) is 71.1 Å². The van der Waals surface area contributed by atoms with E-state index in [0.29, 0.717) is 6.42 Å². The van der Waals surface area contributed by atoms with E-state index in [0.717, 1.165) is 19.3 Å². The number of Topliss-reactive ketones (excluding diaryl/α,β-unsaturated/α-hetero) is 1. The van der Waals surface area contributed by atoms with Crippen molar-refractivity contribution in [3.63, 3.8) is 0 Å². The van der Waals surface area contributed by atoms with Gasteiger partial charge in [-0.15, -0.1) is 6.54 Å². The summed E-state index contributed by atoms with van der Waals surface area (Å²) < 4.78 is 26.9. The summed E-state index contributed by atoms with van der Waals surface area (Å²) in [6.07, 6.45) is 11.0. The number of ketones is 1. The van der Waals surface area contributed by atoms with Gasteiger partial charge in [0.1, 0.15) is 6.61 Å². The molecule has 0 saturated heterocycles. The predicted octanol–water partition coefficient (Wildman–Crippen LogP) is 0.879. The molecular formula is C15H30NNaO4S. The summed E-state index contributed by atoms with van der Waals surface area (Å²) in [7, 11) is -3.69. The van der Waals surface area contributed by atoms with Gasteiger partial charge in [0.05, 0.1) is 5.75 Å². The molecule has 0 amide bonds. The number of rotatable bonds is 15. The van der Waals surface area contributed by atoms with Gasteiger partial charge >= 0.3 is 29.6 Å². The summed E-state index contributed by atoms with van der Waals surface area (Å²) in [4.78, 5) is 11.5. The van der Waals surface area contributed by atoms with Crippen molar-refractivity contribution < 1.29 is 47.0 Å². The van der Waals surface area contributed by atoms with Crippen LogP contribution >= 0.6 is 0 Å². The van der Waals surface area contributed by atoms with Gasteiger partial charge in [0, 0.05) is 6.42 Å². The first kappa shape index (κ1) is 24.8. The molecule has 0 atom stereocenters. The molecule has 0 bridgehead atoms. The Balaban J connectivity index is 0. The molecule has 0 radical (unpaired) electrons. The second-order valence-electron chi connectivity index (χ2n) is 5.39. The van der Waals surface area contributed by atoms with Gasteiger partial charge in [-0.1, -0.05) is 58.3 Å². The van der Waals surface area contributed by atoms with E-state index in [2.05, 4.69) is 11.1 Å². The molecule has 0 aliphatic carbocycles. The van der Waals surface area contributed by atoms with E-state index in [1.54, 1.807) is 0 Å². The second kappa shape index (κ2) is 16.4. The molecule has 0 saturated carbocycles. The van der Waals surface area contributed by atoms with Crippen molar-refractivity contribution in [2.75, 3.05) is 18.9 Å². The van der Waals surface area contributed by atoms with Crippen LogP contribution in [0.4, 0.5) is 0 Å². The zero-order chi connectivity index (χ0) is 16.0. The first-order valence-electron chi connectivity index (χ1n) is 8.05. The standard InChI is InChI=1S/C15H30NO4S.Na/c1-2-3-4-5-6-7-8-9-10-11-15(17)14-20-21(18,19)13-12-16;/h16H,2-14H2,1H3;/q-1;+1. The first-order chi connectivity index (χ1) is 10.0. The molecule has 0 aromatic rings. The monoisotopic (exact) mass is 343 g/mol. The van der Waals surface area contributed by atoms with Gasteiger partial charge in [0.25, 0.3) is 10.1 Å². The topological polar surface area (TPSA) is 84.2 Å². The minimum Gasteiger partial charge on any atom is -0.677 e. The molecule has 0 aromatic carbocycles. The smallest absolute Gasteiger partial charge is 0.677 e. The molecule has 22 heavy (non-hydrogen) atoms. The Hall–Kier alpha value is 0.540. The number of hydrogen-bond donors (Lipinski definition) is 0. The van der Waals surface area contributed by atoms with Gasteiger partial charge in [0.15, 0.2) is 5.78 Å². The quantitative estimate of drug-likeness (QED) is 0.251. The molecule has 0 rings (SSSR count). The van der Waals surface area contributed by atoms with Gasteiger partial charge < -0.3 is 5.73 Å². The van der Waals surface area contributed by atoms with Gasteiger partial charge in [0.2, 0.25) is 0 Å². The van der Waals surface area contributed by atoms with Crippen LogP contribution in [0.25, 0.3) is 5.73 Å². The van der Waals surface area contributed by atoms with Gasteiger partial charge in [-0.05, 0) is 6.42 Å². The third-order valence-corrected chi connectivity index (χ3v) is 4.49. The van der Waals surface area contributed by atoms with Crippen LogP contribution in [0.3, 0.4) is 0 Å². The molecule has 0 aromatic heterocycles. The fourth-order valence-corrected chi connectivity index (χ4v) is 2.72. The number of carbonyl (C=O) groups excluding carboxylic acids is 1. The van der Waals surface area contributed by atoms with Gasteiger partial charge in [-0.25, -0.2) is 0 Å². The summed E-state index contributed by atoms with van der Waals surface area (Å²) in [5.41, 5.74) is 6.83. The van der Waals surface area contributed by atoms with Crippen LogP contribution in [0.2, 0.25) is 0 Å². The summed E-state index contributed by atoms with van der Waals surface area (Å²) in [6, 6.07) is 0. The molecule has 0 spiro atoms. The Kier molecular flexibility index (Phi) is 18.5. The third-order valence-electron chi connectivity index (χ3n) is 3.31. The van der Waals surface area contributed by atoms with Crippen molar-refractivity contribution in [2.24, 2.45) is 0 Å². The Labute approximate surface area is 158 Å². The molecule has 7 heteroatoms. The van der Waals surface area contributed by atoms with E-state index < -0.39 is 10.1 Å². The van der Waals surface area contributed by atoms with Gasteiger partial charge in [-0.3, -0.25) is 8.98 Å². The number of carbonyl (C=O) groups is 1. The minimum absolute atomic E-state index is 0. The summed E-state index contributed by atoms with van der Waals surface area (Å²) >= 11 is 0. The molecule has 0 unspecified atom stereocenters. The average molecular weight is 343 g/mol. The van der Waals surface area contributed by atoms with Crippen LogP contribution in [0.1, 0.15) is 71.1 Å². The van der Waals surface area contributed by atoms with E-state index in [1.165, 1.54) is 38.5 Å². The van der Waals surface area contributed by atoms with Crippen molar-refractivity contribution in [1.82, 2.24) is 0 Å². The Morgan fingerprint density at radius 1 is 0.955 bits per heavy atom. The number of nitrogens with one attached hydrogen (secondary N) is 1. The fourth-order valence-electron chi connectivity index (χ4n) is 2.04. The average Bonchev–Trinajstić information content (AvgIpc) is 2.43. The van der Waals surface area contributed by atoms with E-state index in [9.17, 15) is 13.2 Å². The normalized spacial score (nSPS) is 11.2. The van der Waals surface area contributed by atoms with Crippen molar-refractivity contribution in [1.29, 1.82) is 0 Å². The van der Waals surface area contributed by atoms with E-state index >= 15 is 0 Å². The Morgan fingerprint density at radius 2 is 1.45 bits per heavy atom. The van der Waals surface area contributed by atoms with E-state index in [-0.39, 0.29) is 54.2 Å². The van der Waals surface area contributed by atoms with Crippen molar-refractivity contribution in [3.8, 4) is 0 Å². The maximum Gasteiger partial charge on any atom is 1.00 e. The Morgan fingerprint density at radius 3 is 1.95 bits per heavy atom. The zero-order valence-electron chi connectivity index (χ0n) is 14.2. The van der Waals surface area contributed by atoms with Crippen LogP contribution in [-0.4, -0.2) is 33.1 Å².